The van der Waals surface area contributed by atoms with E-state index in [1.54, 1.807) is 12.1 Å². The predicted molar refractivity (Wildman–Crippen MR) is 51.8 cm³/mol. The van der Waals surface area contributed by atoms with Gasteiger partial charge in [0, 0.05) is 6.42 Å². The first-order valence-corrected chi connectivity index (χ1v) is 4.67. The molecular weight excluding hydrogens is 199 g/mol. The van der Waals surface area contributed by atoms with Crippen molar-refractivity contribution in [2.24, 2.45) is 0 Å². The van der Waals surface area contributed by atoms with Gasteiger partial charge in [-0.2, -0.15) is 0 Å². The second kappa shape index (κ2) is 3.88. The number of ketones is 1. The number of halogens is 1. The normalized spacial score (nSPS) is 12.9. The number of benzene rings is 1. The number of hydrogen-bond donors (Lipinski definition) is 0. The Morgan fingerprint density at radius 1 is 1.33 bits per heavy atom. The number of rotatable bonds is 3. The zero-order chi connectivity index (χ0) is 10.8. The summed E-state index contributed by atoms with van der Waals surface area (Å²) < 4.78 is 23.0. The first-order valence-electron chi connectivity index (χ1n) is 4.67. The molecule has 0 aromatic heterocycles. The summed E-state index contributed by atoms with van der Waals surface area (Å²) in [6.45, 7) is 1.04. The number of alkyl halides is 1. The molecule has 0 unspecified atom stereocenters. The molecule has 0 radical (unpaired) electrons. The van der Waals surface area contributed by atoms with E-state index in [1.165, 1.54) is 6.92 Å². The van der Waals surface area contributed by atoms with Gasteiger partial charge in [-0.05, 0) is 30.2 Å². The molecule has 1 aliphatic heterocycles. The molecule has 0 amide bonds. The summed E-state index contributed by atoms with van der Waals surface area (Å²) in [7, 11) is 0. The lowest BCUT2D eigenvalue weighted by Gasteiger charge is -2.06. The van der Waals surface area contributed by atoms with Crippen LogP contribution in [0.15, 0.2) is 12.1 Å². The van der Waals surface area contributed by atoms with Gasteiger partial charge in [0.05, 0.1) is 0 Å². The van der Waals surface area contributed by atoms with Gasteiger partial charge in [0.1, 0.15) is 12.5 Å². The minimum absolute atomic E-state index is 0.00330. The minimum Gasteiger partial charge on any atom is -0.454 e. The molecule has 15 heavy (non-hydrogen) atoms. The fraction of sp³-hybridized carbons (Fsp3) is 0.364. The van der Waals surface area contributed by atoms with Crippen LogP contribution in [-0.4, -0.2) is 12.6 Å². The number of hydrogen-bond acceptors (Lipinski definition) is 3. The van der Waals surface area contributed by atoms with Crippen LogP contribution in [0.1, 0.15) is 18.1 Å². The molecule has 0 atom stereocenters. The average molecular weight is 210 g/mol. The number of carbonyl (C=O) groups is 1. The van der Waals surface area contributed by atoms with Crippen LogP contribution in [0.25, 0.3) is 0 Å². The molecule has 3 nitrogen and oxygen atoms in total. The number of Topliss-reactive ketones (excluding diaryl/α,β-unsaturated/α-hetero) is 1. The molecule has 0 spiro atoms. The third kappa shape index (κ3) is 1.93. The molecule has 1 aromatic carbocycles. The Bertz CT molecular complexity index is 401. The molecule has 0 fully saturated rings. The molecule has 0 aliphatic carbocycles. The Kier molecular flexibility index (Phi) is 2.58. The molecule has 2 rings (SSSR count). The van der Waals surface area contributed by atoms with Crippen LogP contribution in [0.4, 0.5) is 4.39 Å². The zero-order valence-electron chi connectivity index (χ0n) is 8.38. The van der Waals surface area contributed by atoms with Crippen molar-refractivity contribution in [3.8, 4) is 11.5 Å². The second-order valence-corrected chi connectivity index (χ2v) is 3.49. The van der Waals surface area contributed by atoms with E-state index in [0.29, 0.717) is 22.6 Å². The molecule has 0 bridgehead atoms. The van der Waals surface area contributed by atoms with Crippen LogP contribution < -0.4 is 9.47 Å². The Morgan fingerprint density at radius 3 is 2.47 bits per heavy atom. The van der Waals surface area contributed by atoms with Crippen molar-refractivity contribution < 1.29 is 18.7 Å². The van der Waals surface area contributed by atoms with Crippen molar-refractivity contribution in [1.82, 2.24) is 0 Å². The van der Waals surface area contributed by atoms with Gasteiger partial charge in [0.2, 0.25) is 6.79 Å². The predicted octanol–water partition coefficient (Wildman–Crippen LogP) is 2.02. The van der Waals surface area contributed by atoms with E-state index in [4.69, 9.17) is 9.47 Å². The molecule has 0 saturated carbocycles. The van der Waals surface area contributed by atoms with E-state index in [1.807, 2.05) is 0 Å². The maximum atomic E-state index is 12.7. The summed E-state index contributed by atoms with van der Waals surface area (Å²) in [5.74, 6) is 1.14. The first-order chi connectivity index (χ1) is 7.20. The van der Waals surface area contributed by atoms with Crippen molar-refractivity contribution >= 4 is 5.78 Å². The van der Waals surface area contributed by atoms with Gasteiger partial charge in [-0.15, -0.1) is 0 Å². The van der Waals surface area contributed by atoms with E-state index in [-0.39, 0.29) is 19.0 Å². The SMILES string of the molecule is CC(=O)Cc1cc2c(cc1CF)OCO2. The van der Waals surface area contributed by atoms with Crippen LogP contribution in [0.5, 0.6) is 11.5 Å². The van der Waals surface area contributed by atoms with Gasteiger partial charge < -0.3 is 9.47 Å². The molecular formula is C11H11FO3. The summed E-state index contributed by atoms with van der Waals surface area (Å²) in [5.41, 5.74) is 1.17. The van der Waals surface area contributed by atoms with E-state index in [2.05, 4.69) is 0 Å². The quantitative estimate of drug-likeness (QED) is 0.765. The fourth-order valence-corrected chi connectivity index (χ4v) is 1.58. The lowest BCUT2D eigenvalue weighted by molar-refractivity contribution is -0.116. The van der Waals surface area contributed by atoms with Crippen LogP contribution in [0, 0.1) is 0 Å². The molecule has 1 aromatic rings. The Hall–Kier alpha value is -1.58. The Morgan fingerprint density at radius 2 is 1.93 bits per heavy atom. The van der Waals surface area contributed by atoms with Crippen LogP contribution >= 0.6 is 0 Å². The van der Waals surface area contributed by atoms with E-state index >= 15 is 0 Å². The van der Waals surface area contributed by atoms with Gasteiger partial charge in [0.25, 0.3) is 0 Å². The van der Waals surface area contributed by atoms with Crippen molar-refractivity contribution in [2.45, 2.75) is 20.0 Å². The molecule has 1 aliphatic rings. The highest BCUT2D eigenvalue weighted by atomic mass is 19.1. The molecule has 1 heterocycles. The van der Waals surface area contributed by atoms with Gasteiger partial charge >= 0.3 is 0 Å². The number of carbonyl (C=O) groups excluding carboxylic acids is 1. The smallest absolute Gasteiger partial charge is 0.231 e. The topological polar surface area (TPSA) is 35.5 Å². The van der Waals surface area contributed by atoms with Crippen LogP contribution in [0.2, 0.25) is 0 Å². The van der Waals surface area contributed by atoms with Gasteiger partial charge in [-0.1, -0.05) is 0 Å². The minimum atomic E-state index is -0.598. The van der Waals surface area contributed by atoms with Crippen molar-refractivity contribution in [1.29, 1.82) is 0 Å². The lowest BCUT2D eigenvalue weighted by Crippen LogP contribution is -2.00. The first kappa shape index (κ1) is 9.96. The van der Waals surface area contributed by atoms with Crippen molar-refractivity contribution in [2.75, 3.05) is 6.79 Å². The lowest BCUT2D eigenvalue weighted by atomic mass is 10.0. The molecule has 0 N–H and O–H groups in total. The Labute approximate surface area is 86.8 Å². The highest BCUT2D eigenvalue weighted by Gasteiger charge is 2.17. The molecule has 0 saturated heterocycles. The maximum Gasteiger partial charge on any atom is 0.231 e. The highest BCUT2D eigenvalue weighted by Crippen LogP contribution is 2.35. The zero-order valence-corrected chi connectivity index (χ0v) is 8.38. The molecule has 4 heteroatoms. The summed E-state index contributed by atoms with van der Waals surface area (Å²) in [4.78, 5) is 11.0. The number of fused-ring (bicyclic) bond motifs is 1. The maximum absolute atomic E-state index is 12.7. The standard InChI is InChI=1S/C11H11FO3/c1-7(13)2-8-3-10-11(15-6-14-10)4-9(8)5-12/h3-4H,2,5-6H2,1H3. The van der Waals surface area contributed by atoms with E-state index < -0.39 is 6.67 Å². The van der Waals surface area contributed by atoms with Crippen LogP contribution in [0.3, 0.4) is 0 Å². The van der Waals surface area contributed by atoms with Crippen molar-refractivity contribution in [3.05, 3.63) is 23.3 Å². The number of ether oxygens (including phenoxy) is 2. The third-order valence-electron chi connectivity index (χ3n) is 2.28. The summed E-state index contributed by atoms with van der Waals surface area (Å²) >= 11 is 0. The van der Waals surface area contributed by atoms with Crippen LogP contribution in [-0.2, 0) is 17.9 Å². The Balaban J connectivity index is 2.39. The monoisotopic (exact) mass is 210 g/mol. The summed E-state index contributed by atoms with van der Waals surface area (Å²) in [5, 5.41) is 0. The van der Waals surface area contributed by atoms with E-state index in [9.17, 15) is 9.18 Å². The van der Waals surface area contributed by atoms with Gasteiger partial charge in [0.15, 0.2) is 11.5 Å². The fourth-order valence-electron chi connectivity index (χ4n) is 1.58. The molecule has 80 valence electrons. The van der Waals surface area contributed by atoms with Crippen molar-refractivity contribution in [3.63, 3.8) is 0 Å². The summed E-state index contributed by atoms with van der Waals surface area (Å²) in [6, 6.07) is 3.28. The third-order valence-corrected chi connectivity index (χ3v) is 2.28. The van der Waals surface area contributed by atoms with Gasteiger partial charge in [-0.3, -0.25) is 4.79 Å². The average Bonchev–Trinajstić information content (AvgIpc) is 2.62. The second-order valence-electron chi connectivity index (χ2n) is 3.49. The highest BCUT2D eigenvalue weighted by molar-refractivity contribution is 5.79. The largest absolute Gasteiger partial charge is 0.454 e. The van der Waals surface area contributed by atoms with E-state index in [0.717, 1.165) is 0 Å². The van der Waals surface area contributed by atoms with Gasteiger partial charge in [-0.25, -0.2) is 4.39 Å². The summed E-state index contributed by atoms with van der Waals surface area (Å²) in [6.07, 6.45) is 0.232.